The lowest BCUT2D eigenvalue weighted by Crippen LogP contribution is -2.26. The normalized spacial score (nSPS) is 11.2. The molecule has 0 atom stereocenters. The van der Waals surface area contributed by atoms with Crippen LogP contribution >= 0.6 is 0 Å². The van der Waals surface area contributed by atoms with Gasteiger partial charge in [0.1, 0.15) is 5.82 Å². The molecule has 0 radical (unpaired) electrons. The molecule has 0 aliphatic heterocycles. The molecule has 8 heteroatoms. The summed E-state index contributed by atoms with van der Waals surface area (Å²) in [7, 11) is 0. The molecule has 0 saturated heterocycles. The van der Waals surface area contributed by atoms with Crippen molar-refractivity contribution in [3.8, 4) is 22.5 Å². The minimum Gasteiger partial charge on any atom is -0.274 e. The first-order chi connectivity index (χ1) is 15.2. The number of aromatic nitrogens is 7. The van der Waals surface area contributed by atoms with E-state index in [0.29, 0.717) is 18.9 Å². The van der Waals surface area contributed by atoms with Gasteiger partial charge in [0.25, 0.3) is 0 Å². The first kappa shape index (κ1) is 20.7. The minimum atomic E-state index is -0.0233. The summed E-state index contributed by atoms with van der Waals surface area (Å²) in [5.41, 5.74) is 4.13. The Morgan fingerprint density at radius 1 is 0.968 bits per heavy atom. The minimum absolute atomic E-state index is 0.0233. The van der Waals surface area contributed by atoms with Gasteiger partial charge >= 0.3 is 5.69 Å². The van der Waals surface area contributed by atoms with Gasteiger partial charge in [-0.1, -0.05) is 62.7 Å². The Bertz CT molecular complexity index is 1170. The molecule has 160 valence electrons. The summed E-state index contributed by atoms with van der Waals surface area (Å²) in [6.45, 7) is 5.40. The first-order valence-electron chi connectivity index (χ1n) is 10.8. The van der Waals surface area contributed by atoms with Crippen molar-refractivity contribution < 1.29 is 0 Å². The van der Waals surface area contributed by atoms with Gasteiger partial charge < -0.3 is 0 Å². The van der Waals surface area contributed by atoms with Gasteiger partial charge in [-0.05, 0) is 40.8 Å². The maximum Gasteiger partial charge on any atom is 0.346 e. The van der Waals surface area contributed by atoms with Crippen LogP contribution in [-0.2, 0) is 19.5 Å². The van der Waals surface area contributed by atoms with Gasteiger partial charge in [-0.15, -0.1) is 10.2 Å². The Balaban J connectivity index is 1.57. The van der Waals surface area contributed by atoms with Crippen molar-refractivity contribution in [2.75, 3.05) is 0 Å². The molecule has 2 heterocycles. The SMILES string of the molecule is CCCCc1nn(CCC)c(=O)n1Cc1ccc(-c2cccc(-c3nn[nH]n3)c2)cc1. The Morgan fingerprint density at radius 2 is 1.77 bits per heavy atom. The molecule has 2 aromatic carbocycles. The zero-order chi connectivity index (χ0) is 21.6. The van der Waals surface area contributed by atoms with E-state index >= 15 is 0 Å². The van der Waals surface area contributed by atoms with Crippen molar-refractivity contribution in [2.24, 2.45) is 0 Å². The van der Waals surface area contributed by atoms with E-state index in [-0.39, 0.29) is 5.69 Å². The van der Waals surface area contributed by atoms with Gasteiger partial charge in [-0.25, -0.2) is 9.48 Å². The molecule has 0 saturated carbocycles. The summed E-state index contributed by atoms with van der Waals surface area (Å²) >= 11 is 0. The second kappa shape index (κ2) is 9.51. The Morgan fingerprint density at radius 3 is 2.48 bits per heavy atom. The fraction of sp³-hybridized carbons (Fsp3) is 0.348. The van der Waals surface area contributed by atoms with E-state index in [1.54, 1.807) is 4.68 Å². The number of H-pyrrole nitrogens is 1. The second-order valence-electron chi connectivity index (χ2n) is 7.62. The van der Waals surface area contributed by atoms with Crippen LogP contribution in [0.1, 0.15) is 44.5 Å². The number of hydrogen-bond donors (Lipinski definition) is 1. The van der Waals surface area contributed by atoms with Crippen LogP contribution < -0.4 is 5.69 Å². The first-order valence-corrected chi connectivity index (χ1v) is 10.8. The lowest BCUT2D eigenvalue weighted by atomic mass is 10.0. The topological polar surface area (TPSA) is 94.3 Å². The Kier molecular flexibility index (Phi) is 6.35. The van der Waals surface area contributed by atoms with Gasteiger partial charge in [-0.2, -0.15) is 10.3 Å². The molecule has 4 rings (SSSR count). The van der Waals surface area contributed by atoms with Crippen molar-refractivity contribution in [2.45, 2.75) is 52.6 Å². The van der Waals surface area contributed by atoms with Crippen molar-refractivity contribution in [1.82, 2.24) is 35.0 Å². The summed E-state index contributed by atoms with van der Waals surface area (Å²) in [5.74, 6) is 1.44. The van der Waals surface area contributed by atoms with E-state index in [9.17, 15) is 4.79 Å². The van der Waals surface area contributed by atoms with Crippen LogP contribution in [0.2, 0.25) is 0 Å². The highest BCUT2D eigenvalue weighted by Crippen LogP contribution is 2.24. The summed E-state index contributed by atoms with van der Waals surface area (Å²) < 4.78 is 3.42. The van der Waals surface area contributed by atoms with Crippen LogP contribution in [-0.4, -0.2) is 35.0 Å². The highest BCUT2D eigenvalue weighted by atomic mass is 16.2. The number of rotatable bonds is 9. The second-order valence-corrected chi connectivity index (χ2v) is 7.62. The molecule has 31 heavy (non-hydrogen) atoms. The fourth-order valence-corrected chi connectivity index (χ4v) is 3.63. The third kappa shape index (κ3) is 4.63. The molecular formula is C23H27N7O. The summed E-state index contributed by atoms with van der Waals surface area (Å²) in [6.07, 6.45) is 3.82. The third-order valence-corrected chi connectivity index (χ3v) is 5.28. The number of unbranched alkanes of at least 4 members (excludes halogenated alkanes) is 1. The predicted molar refractivity (Wildman–Crippen MR) is 120 cm³/mol. The summed E-state index contributed by atoms with van der Waals surface area (Å²) in [5, 5.41) is 18.8. The van der Waals surface area contributed by atoms with Gasteiger partial charge in [0.05, 0.1) is 6.54 Å². The Labute approximate surface area is 180 Å². The van der Waals surface area contributed by atoms with E-state index in [1.165, 1.54) is 0 Å². The van der Waals surface area contributed by atoms with Crippen LogP contribution in [0.25, 0.3) is 22.5 Å². The molecule has 0 aliphatic rings. The summed E-state index contributed by atoms with van der Waals surface area (Å²) in [6, 6.07) is 16.4. The van der Waals surface area contributed by atoms with Gasteiger partial charge in [-0.3, -0.25) is 4.57 Å². The summed E-state index contributed by atoms with van der Waals surface area (Å²) in [4.78, 5) is 12.8. The standard InChI is InChI=1S/C23H27N7O/c1-3-5-9-21-26-30(14-4-2)23(31)29(21)16-17-10-12-18(13-11-17)19-7-6-8-20(15-19)22-24-27-28-25-22/h6-8,10-13,15H,3-5,9,14,16H2,1-2H3,(H,24,25,27,28). The molecule has 2 aromatic heterocycles. The van der Waals surface area contributed by atoms with E-state index in [1.807, 2.05) is 22.8 Å². The Hall–Kier alpha value is -3.55. The number of nitrogens with one attached hydrogen (secondary N) is 1. The van der Waals surface area contributed by atoms with Crippen molar-refractivity contribution in [3.63, 3.8) is 0 Å². The van der Waals surface area contributed by atoms with Crippen LogP contribution in [0.5, 0.6) is 0 Å². The molecular weight excluding hydrogens is 390 g/mol. The van der Waals surface area contributed by atoms with Crippen molar-refractivity contribution >= 4 is 0 Å². The largest absolute Gasteiger partial charge is 0.346 e. The van der Waals surface area contributed by atoms with E-state index < -0.39 is 0 Å². The lowest BCUT2D eigenvalue weighted by Gasteiger charge is -2.08. The van der Waals surface area contributed by atoms with E-state index in [0.717, 1.165) is 53.8 Å². The monoisotopic (exact) mass is 417 g/mol. The number of aromatic amines is 1. The third-order valence-electron chi connectivity index (χ3n) is 5.28. The number of benzene rings is 2. The fourth-order valence-electron chi connectivity index (χ4n) is 3.63. The molecule has 0 aliphatic carbocycles. The molecule has 1 N–H and O–H groups in total. The molecule has 0 spiro atoms. The average Bonchev–Trinajstić information content (AvgIpc) is 3.43. The zero-order valence-corrected chi connectivity index (χ0v) is 18.0. The number of nitrogens with zero attached hydrogens (tertiary/aromatic N) is 6. The molecule has 4 aromatic rings. The van der Waals surface area contributed by atoms with Crippen LogP contribution in [0.3, 0.4) is 0 Å². The van der Waals surface area contributed by atoms with Crippen LogP contribution in [0, 0.1) is 0 Å². The van der Waals surface area contributed by atoms with Crippen molar-refractivity contribution in [1.29, 1.82) is 0 Å². The quantitative estimate of drug-likeness (QED) is 0.448. The smallest absolute Gasteiger partial charge is 0.274 e. The van der Waals surface area contributed by atoms with E-state index in [4.69, 9.17) is 0 Å². The van der Waals surface area contributed by atoms with E-state index in [2.05, 4.69) is 69.9 Å². The maximum absolute atomic E-state index is 12.8. The molecule has 0 amide bonds. The maximum atomic E-state index is 12.8. The molecule has 0 unspecified atom stereocenters. The van der Waals surface area contributed by atoms with Crippen LogP contribution in [0.15, 0.2) is 53.3 Å². The average molecular weight is 418 g/mol. The van der Waals surface area contributed by atoms with Crippen LogP contribution in [0.4, 0.5) is 0 Å². The molecule has 8 nitrogen and oxygen atoms in total. The van der Waals surface area contributed by atoms with Crippen molar-refractivity contribution in [3.05, 3.63) is 70.4 Å². The number of aryl methyl sites for hydroxylation is 2. The zero-order valence-electron chi connectivity index (χ0n) is 18.0. The van der Waals surface area contributed by atoms with Gasteiger partial charge in [0, 0.05) is 18.5 Å². The molecule has 0 bridgehead atoms. The predicted octanol–water partition coefficient (Wildman–Crippen LogP) is 3.69. The lowest BCUT2D eigenvalue weighted by molar-refractivity contribution is 0.569. The molecule has 0 fully saturated rings. The van der Waals surface area contributed by atoms with Gasteiger partial charge in [0.15, 0.2) is 0 Å². The van der Waals surface area contributed by atoms with Gasteiger partial charge in [0.2, 0.25) is 5.82 Å². The highest BCUT2D eigenvalue weighted by molar-refractivity contribution is 5.70. The number of hydrogen-bond acceptors (Lipinski definition) is 5. The number of tetrazole rings is 1. The highest BCUT2D eigenvalue weighted by Gasteiger charge is 2.13.